The molecule has 1 amide bonds. The number of hydrogen-bond donors (Lipinski definition) is 3. The normalized spacial score (nSPS) is 11.7. The molecule has 5 N–H and O–H groups in total. The van der Waals surface area contributed by atoms with Gasteiger partial charge in [-0.05, 0) is 55.5 Å². The van der Waals surface area contributed by atoms with Gasteiger partial charge in [0.2, 0.25) is 20.0 Å². The molecule has 0 atom stereocenters. The summed E-state index contributed by atoms with van der Waals surface area (Å²) in [6, 6.07) is 18.0. The van der Waals surface area contributed by atoms with Gasteiger partial charge < -0.3 is 10.1 Å². The van der Waals surface area contributed by atoms with E-state index in [2.05, 4.69) is 10.4 Å². The maximum atomic E-state index is 13.0. The number of nitrogens with zero attached hydrogens (tertiary/aromatic N) is 2. The van der Waals surface area contributed by atoms with Crippen LogP contribution in [0.4, 0.5) is 5.69 Å². The minimum absolute atomic E-state index is 0.0691. The Kier molecular flexibility index (Phi) is 7.65. The lowest BCUT2D eigenvalue weighted by Gasteiger charge is -2.07. The fourth-order valence-electron chi connectivity index (χ4n) is 3.50. The van der Waals surface area contributed by atoms with Crippen molar-refractivity contribution >= 4 is 37.6 Å². The number of carbonyl (C=O) groups excluding carboxylic acids is 2. The Hall–Kier alpha value is -4.37. The first kappa shape index (κ1) is 27.7. The number of aromatic nitrogens is 2. The lowest BCUT2D eigenvalue weighted by atomic mass is 10.1. The van der Waals surface area contributed by atoms with Crippen LogP contribution in [-0.4, -0.2) is 45.1 Å². The van der Waals surface area contributed by atoms with E-state index in [-0.39, 0.29) is 26.7 Å². The van der Waals surface area contributed by atoms with Crippen LogP contribution >= 0.6 is 0 Å². The van der Waals surface area contributed by atoms with E-state index >= 15 is 0 Å². The van der Waals surface area contributed by atoms with Gasteiger partial charge in [-0.3, -0.25) is 4.79 Å². The van der Waals surface area contributed by atoms with Crippen molar-refractivity contribution in [3.8, 4) is 16.9 Å². The van der Waals surface area contributed by atoms with Gasteiger partial charge in [0.1, 0.15) is 11.3 Å². The molecule has 0 aliphatic rings. The fraction of sp³-hybridized carbons (Fsp3) is 0.0800. The number of aryl methyl sites for hydroxylation is 1. The Balaban J connectivity index is 1.55. The van der Waals surface area contributed by atoms with Crippen LogP contribution < -0.4 is 15.6 Å². The van der Waals surface area contributed by atoms with Crippen molar-refractivity contribution in [3.63, 3.8) is 0 Å². The average Bonchev–Trinajstić information content (AvgIpc) is 3.33. The summed E-state index contributed by atoms with van der Waals surface area (Å²) < 4.78 is 52.5. The molecule has 3 aromatic carbocycles. The van der Waals surface area contributed by atoms with Crippen LogP contribution in [0, 0.1) is 6.92 Å². The minimum atomic E-state index is -3.89. The maximum Gasteiger partial charge on any atom is 0.342 e. The molecule has 39 heavy (non-hydrogen) atoms. The quantitative estimate of drug-likeness (QED) is 0.268. The van der Waals surface area contributed by atoms with Gasteiger partial charge in [0, 0.05) is 17.4 Å². The molecule has 0 saturated carbocycles. The number of nitrogens with one attached hydrogen (secondary N) is 1. The van der Waals surface area contributed by atoms with E-state index < -0.39 is 38.5 Å². The zero-order chi connectivity index (χ0) is 28.4. The van der Waals surface area contributed by atoms with Crippen molar-refractivity contribution in [2.45, 2.75) is 16.7 Å². The molecule has 0 spiro atoms. The molecule has 0 aliphatic heterocycles. The molecule has 4 rings (SSSR count). The number of rotatable bonds is 8. The highest BCUT2D eigenvalue weighted by Gasteiger charge is 2.21. The number of primary sulfonamides is 2. The first-order valence-corrected chi connectivity index (χ1v) is 14.3. The van der Waals surface area contributed by atoms with E-state index in [1.54, 1.807) is 12.1 Å². The van der Waals surface area contributed by atoms with Crippen LogP contribution in [0.5, 0.6) is 0 Å². The van der Waals surface area contributed by atoms with E-state index in [1.807, 2.05) is 19.1 Å². The Morgan fingerprint density at radius 3 is 1.92 bits per heavy atom. The molecule has 0 aliphatic carbocycles. The van der Waals surface area contributed by atoms with Crippen molar-refractivity contribution in [1.29, 1.82) is 0 Å². The third-order valence-corrected chi connectivity index (χ3v) is 7.35. The largest absolute Gasteiger partial charge is 0.452 e. The zero-order valence-electron chi connectivity index (χ0n) is 20.4. The number of esters is 1. The molecular weight excluding hydrogens is 546 g/mol. The second-order valence-corrected chi connectivity index (χ2v) is 11.6. The van der Waals surface area contributed by atoms with Crippen molar-refractivity contribution < 1.29 is 31.2 Å². The highest BCUT2D eigenvalue weighted by atomic mass is 32.2. The number of nitrogens with two attached hydrogens (primary N) is 2. The summed E-state index contributed by atoms with van der Waals surface area (Å²) >= 11 is 0. The number of benzene rings is 3. The Morgan fingerprint density at radius 2 is 1.38 bits per heavy atom. The van der Waals surface area contributed by atoms with Crippen LogP contribution in [-0.2, 0) is 29.6 Å². The number of sulfonamides is 2. The molecule has 1 aromatic heterocycles. The molecule has 0 fully saturated rings. The topological polar surface area (TPSA) is 194 Å². The molecular formula is C25H23N5O7S2. The first-order valence-electron chi connectivity index (χ1n) is 11.2. The van der Waals surface area contributed by atoms with Crippen LogP contribution in [0.15, 0.2) is 88.8 Å². The SMILES string of the molecule is Cc1ccc(-c2nn(-c3ccc(S(N)(=O)=O)cc3)cc2C(=O)OCC(=O)Nc2ccc(S(N)(=O)=O)cc2)cc1. The van der Waals surface area contributed by atoms with Gasteiger partial charge in [-0.15, -0.1) is 0 Å². The highest BCUT2D eigenvalue weighted by molar-refractivity contribution is 7.89. The van der Waals surface area contributed by atoms with E-state index in [1.165, 1.54) is 59.4 Å². The standard InChI is InChI=1S/C25H23N5O7S2/c1-16-2-4-17(5-3-16)24-22(14-30(29-24)19-8-12-21(13-9-19)39(27,35)36)25(32)37-15-23(31)28-18-6-10-20(11-7-18)38(26,33)34/h2-14H,15H2,1H3,(H,28,31)(H2,26,33,34)(H2,27,35,36). The summed E-state index contributed by atoms with van der Waals surface area (Å²) in [6.07, 6.45) is 1.41. The van der Waals surface area contributed by atoms with Gasteiger partial charge in [-0.2, -0.15) is 5.10 Å². The minimum Gasteiger partial charge on any atom is -0.452 e. The molecule has 12 nitrogen and oxygen atoms in total. The molecule has 0 bridgehead atoms. The number of ether oxygens (including phenoxy) is 1. The van der Waals surface area contributed by atoms with Crippen molar-refractivity contribution in [2.24, 2.45) is 10.3 Å². The molecule has 0 saturated heterocycles. The number of hydrogen-bond acceptors (Lipinski definition) is 8. The van der Waals surface area contributed by atoms with Gasteiger partial charge in [-0.1, -0.05) is 29.8 Å². The smallest absolute Gasteiger partial charge is 0.342 e. The second-order valence-electron chi connectivity index (χ2n) is 8.43. The summed E-state index contributed by atoms with van der Waals surface area (Å²) in [4.78, 5) is 25.2. The maximum absolute atomic E-state index is 13.0. The predicted octanol–water partition coefficient (Wildman–Crippen LogP) is 1.94. The van der Waals surface area contributed by atoms with Crippen molar-refractivity contribution in [1.82, 2.24) is 9.78 Å². The monoisotopic (exact) mass is 569 g/mol. The summed E-state index contributed by atoms with van der Waals surface area (Å²) in [5.74, 6) is -1.48. The van der Waals surface area contributed by atoms with Gasteiger partial charge in [-0.25, -0.2) is 36.6 Å². The molecule has 202 valence electrons. The van der Waals surface area contributed by atoms with Crippen molar-refractivity contribution in [2.75, 3.05) is 11.9 Å². The summed E-state index contributed by atoms with van der Waals surface area (Å²) in [6.45, 7) is 1.28. The van der Waals surface area contributed by atoms with E-state index in [0.717, 1.165) is 5.56 Å². The molecule has 14 heteroatoms. The van der Waals surface area contributed by atoms with Crippen molar-refractivity contribution in [3.05, 3.63) is 90.1 Å². The average molecular weight is 570 g/mol. The third-order valence-electron chi connectivity index (χ3n) is 5.49. The van der Waals surface area contributed by atoms with Crippen LogP contribution in [0.1, 0.15) is 15.9 Å². The number of carbonyl (C=O) groups is 2. The lowest BCUT2D eigenvalue weighted by molar-refractivity contribution is -0.119. The fourth-order valence-corrected chi connectivity index (χ4v) is 4.53. The predicted molar refractivity (Wildman–Crippen MR) is 142 cm³/mol. The van der Waals surface area contributed by atoms with Gasteiger partial charge in [0.15, 0.2) is 6.61 Å². The molecule has 0 radical (unpaired) electrons. The Labute approximate surface area is 224 Å². The van der Waals surface area contributed by atoms with Gasteiger partial charge >= 0.3 is 5.97 Å². The lowest BCUT2D eigenvalue weighted by Crippen LogP contribution is -2.21. The second kappa shape index (κ2) is 10.8. The Bertz CT molecular complexity index is 1750. The molecule has 4 aromatic rings. The van der Waals surface area contributed by atoms with Gasteiger partial charge in [0.05, 0.1) is 15.5 Å². The Morgan fingerprint density at radius 1 is 0.846 bits per heavy atom. The van der Waals surface area contributed by atoms with E-state index in [0.29, 0.717) is 11.3 Å². The summed E-state index contributed by atoms with van der Waals surface area (Å²) in [7, 11) is -7.77. The van der Waals surface area contributed by atoms with Gasteiger partial charge in [0.25, 0.3) is 5.91 Å². The highest BCUT2D eigenvalue weighted by Crippen LogP contribution is 2.25. The first-order chi connectivity index (χ1) is 18.3. The van der Waals surface area contributed by atoms with E-state index in [9.17, 15) is 26.4 Å². The molecule has 0 unspecified atom stereocenters. The van der Waals surface area contributed by atoms with Crippen LogP contribution in [0.3, 0.4) is 0 Å². The third kappa shape index (κ3) is 6.74. The zero-order valence-corrected chi connectivity index (χ0v) is 22.1. The van der Waals surface area contributed by atoms with Crippen LogP contribution in [0.25, 0.3) is 16.9 Å². The van der Waals surface area contributed by atoms with E-state index in [4.69, 9.17) is 15.0 Å². The van der Waals surface area contributed by atoms with Crippen LogP contribution in [0.2, 0.25) is 0 Å². The summed E-state index contributed by atoms with van der Waals surface area (Å²) in [5.41, 5.74) is 2.70. The molecule has 1 heterocycles. The number of amides is 1. The summed E-state index contributed by atoms with van der Waals surface area (Å²) in [5, 5.41) is 17.2. The number of anilines is 1.